The number of nitrogens with one attached hydrogen (secondary N) is 1. The Hall–Kier alpha value is -4.27. The highest BCUT2D eigenvalue weighted by Gasteiger charge is 2.48. The topological polar surface area (TPSA) is 102 Å². The number of urea groups is 1. The molecule has 0 saturated carbocycles. The summed E-state index contributed by atoms with van der Waals surface area (Å²) in [6, 6.07) is 18.0. The van der Waals surface area contributed by atoms with E-state index in [1.54, 1.807) is 43.3 Å². The summed E-state index contributed by atoms with van der Waals surface area (Å²) in [5, 5.41) is 13.6. The zero-order valence-electron chi connectivity index (χ0n) is 17.7. The fraction of sp³-hybridized carbons (Fsp3) is 0.167. The van der Waals surface area contributed by atoms with Crippen LogP contribution in [0.4, 0.5) is 14.9 Å². The normalized spacial score (nSPS) is 17.7. The highest BCUT2D eigenvalue weighted by molar-refractivity contribution is 6.07. The van der Waals surface area contributed by atoms with Crippen LogP contribution in [0.3, 0.4) is 0 Å². The number of hydrogen-bond acceptors (Lipinski definition) is 5. The molecule has 1 aliphatic heterocycles. The van der Waals surface area contributed by atoms with E-state index >= 15 is 0 Å². The number of non-ortho nitro benzene ring substituents is 1. The van der Waals surface area contributed by atoms with Crippen molar-refractivity contribution in [2.75, 3.05) is 0 Å². The quantitative estimate of drug-likeness (QED) is 0.330. The van der Waals surface area contributed by atoms with Crippen LogP contribution in [0.25, 0.3) is 0 Å². The van der Waals surface area contributed by atoms with Crippen molar-refractivity contribution in [3.63, 3.8) is 0 Å². The number of rotatable bonds is 7. The molecular formula is C24H20FN3O5. The van der Waals surface area contributed by atoms with Crippen LogP contribution in [0.15, 0.2) is 72.8 Å². The molecule has 0 aromatic heterocycles. The molecule has 1 heterocycles. The molecule has 0 radical (unpaired) electrons. The molecule has 168 valence electrons. The second-order valence-electron chi connectivity index (χ2n) is 7.81. The van der Waals surface area contributed by atoms with Crippen LogP contribution in [-0.2, 0) is 23.5 Å². The van der Waals surface area contributed by atoms with Gasteiger partial charge in [-0.25, -0.2) is 9.18 Å². The maximum atomic E-state index is 13.1. The second kappa shape index (κ2) is 8.70. The Morgan fingerprint density at radius 1 is 0.970 bits per heavy atom. The molecule has 0 aliphatic carbocycles. The van der Waals surface area contributed by atoms with E-state index in [1.807, 2.05) is 0 Å². The van der Waals surface area contributed by atoms with Gasteiger partial charge in [0.2, 0.25) is 0 Å². The van der Waals surface area contributed by atoms with E-state index in [4.69, 9.17) is 4.74 Å². The third-order valence-corrected chi connectivity index (χ3v) is 5.51. The number of ether oxygens (including phenoxy) is 1. The van der Waals surface area contributed by atoms with E-state index in [2.05, 4.69) is 5.32 Å². The summed E-state index contributed by atoms with van der Waals surface area (Å²) in [4.78, 5) is 37.1. The lowest BCUT2D eigenvalue weighted by Gasteiger charge is -2.22. The van der Waals surface area contributed by atoms with Crippen LogP contribution >= 0.6 is 0 Å². The predicted molar refractivity (Wildman–Crippen MR) is 117 cm³/mol. The highest BCUT2D eigenvalue weighted by Crippen LogP contribution is 2.31. The van der Waals surface area contributed by atoms with E-state index in [1.165, 1.54) is 36.4 Å². The molecule has 1 atom stereocenters. The Labute approximate surface area is 188 Å². The van der Waals surface area contributed by atoms with Gasteiger partial charge >= 0.3 is 6.03 Å². The van der Waals surface area contributed by atoms with Crippen molar-refractivity contribution in [3.8, 4) is 5.75 Å². The average Bonchev–Trinajstić information content (AvgIpc) is 3.03. The highest BCUT2D eigenvalue weighted by atomic mass is 19.1. The lowest BCUT2D eigenvalue weighted by atomic mass is 9.92. The van der Waals surface area contributed by atoms with Crippen LogP contribution < -0.4 is 10.1 Å². The molecule has 3 amide bonds. The molecule has 33 heavy (non-hydrogen) atoms. The summed E-state index contributed by atoms with van der Waals surface area (Å²) in [6.45, 7) is 1.91. The van der Waals surface area contributed by atoms with Crippen LogP contribution in [0.2, 0.25) is 0 Å². The fourth-order valence-corrected chi connectivity index (χ4v) is 3.57. The van der Waals surface area contributed by atoms with Crippen molar-refractivity contribution in [1.29, 1.82) is 0 Å². The van der Waals surface area contributed by atoms with Crippen molar-refractivity contribution >= 4 is 17.6 Å². The Balaban J connectivity index is 1.42. The van der Waals surface area contributed by atoms with Gasteiger partial charge in [0.15, 0.2) is 0 Å². The van der Waals surface area contributed by atoms with Crippen molar-refractivity contribution in [1.82, 2.24) is 10.2 Å². The van der Waals surface area contributed by atoms with E-state index in [0.29, 0.717) is 11.3 Å². The van der Waals surface area contributed by atoms with Crippen molar-refractivity contribution < 1.29 is 23.6 Å². The minimum absolute atomic E-state index is 0.0610. The second-order valence-corrected chi connectivity index (χ2v) is 7.81. The van der Waals surface area contributed by atoms with Gasteiger partial charge in [0.1, 0.15) is 23.7 Å². The number of hydrogen-bond donors (Lipinski definition) is 1. The number of nitro benzene ring substituents is 1. The molecule has 8 nitrogen and oxygen atoms in total. The maximum Gasteiger partial charge on any atom is 0.325 e. The Morgan fingerprint density at radius 3 is 2.18 bits per heavy atom. The number of benzene rings is 3. The summed E-state index contributed by atoms with van der Waals surface area (Å²) < 4.78 is 18.7. The lowest BCUT2D eigenvalue weighted by Crippen LogP contribution is -2.40. The van der Waals surface area contributed by atoms with Crippen LogP contribution in [-0.4, -0.2) is 21.8 Å². The minimum atomic E-state index is -1.32. The van der Waals surface area contributed by atoms with Gasteiger partial charge in [-0.05, 0) is 60.0 Å². The van der Waals surface area contributed by atoms with Gasteiger partial charge < -0.3 is 10.1 Å². The number of amides is 3. The summed E-state index contributed by atoms with van der Waals surface area (Å²) in [6.07, 6.45) is 0. The molecule has 3 aromatic rings. The summed E-state index contributed by atoms with van der Waals surface area (Å²) in [5.74, 6) is -0.165. The standard InChI is InChI=1S/C24H20FN3O5/c1-24(18-6-10-20(11-7-18)28(31)32)22(29)27(23(30)26-24)14-16-4-12-21(13-5-16)33-15-17-2-8-19(25)9-3-17/h2-13H,14-15H2,1H3,(H,26,30). The Morgan fingerprint density at radius 2 is 1.58 bits per heavy atom. The monoisotopic (exact) mass is 449 g/mol. The van der Waals surface area contributed by atoms with E-state index < -0.39 is 22.4 Å². The van der Waals surface area contributed by atoms with Gasteiger partial charge in [0, 0.05) is 12.1 Å². The molecule has 3 aromatic carbocycles. The van der Waals surface area contributed by atoms with Gasteiger partial charge in [-0.3, -0.25) is 19.8 Å². The molecule has 1 unspecified atom stereocenters. The van der Waals surface area contributed by atoms with Gasteiger partial charge in [-0.2, -0.15) is 0 Å². The SMILES string of the molecule is CC1(c2ccc([N+](=O)[O-])cc2)NC(=O)N(Cc2ccc(OCc3ccc(F)cc3)cc2)C1=O. The molecule has 1 saturated heterocycles. The van der Waals surface area contributed by atoms with Gasteiger partial charge in [0.25, 0.3) is 11.6 Å². The largest absolute Gasteiger partial charge is 0.489 e. The predicted octanol–water partition coefficient (Wildman–Crippen LogP) is 4.28. The first-order chi connectivity index (χ1) is 15.8. The first-order valence-electron chi connectivity index (χ1n) is 10.1. The van der Waals surface area contributed by atoms with Gasteiger partial charge in [-0.15, -0.1) is 0 Å². The molecule has 0 spiro atoms. The van der Waals surface area contributed by atoms with Crippen LogP contribution in [0, 0.1) is 15.9 Å². The molecular weight excluding hydrogens is 429 g/mol. The smallest absolute Gasteiger partial charge is 0.325 e. The van der Waals surface area contributed by atoms with Crippen molar-refractivity contribution in [3.05, 3.63) is 105 Å². The average molecular weight is 449 g/mol. The lowest BCUT2D eigenvalue weighted by molar-refractivity contribution is -0.384. The van der Waals surface area contributed by atoms with Crippen molar-refractivity contribution in [2.24, 2.45) is 0 Å². The molecule has 9 heteroatoms. The molecule has 1 aliphatic rings. The maximum absolute atomic E-state index is 13.1. The van der Waals surface area contributed by atoms with E-state index in [-0.39, 0.29) is 24.7 Å². The third kappa shape index (κ3) is 4.52. The number of carbonyl (C=O) groups excluding carboxylic acids is 2. The summed E-state index contributed by atoms with van der Waals surface area (Å²) >= 11 is 0. The fourth-order valence-electron chi connectivity index (χ4n) is 3.57. The van der Waals surface area contributed by atoms with Crippen LogP contribution in [0.5, 0.6) is 5.75 Å². The first-order valence-corrected chi connectivity index (χ1v) is 10.1. The molecule has 0 bridgehead atoms. The minimum Gasteiger partial charge on any atom is -0.489 e. The number of nitro groups is 1. The van der Waals surface area contributed by atoms with Crippen molar-refractivity contribution in [2.45, 2.75) is 25.6 Å². The molecule has 1 fully saturated rings. The van der Waals surface area contributed by atoms with Gasteiger partial charge in [0.05, 0.1) is 11.5 Å². The Kier molecular flexibility index (Phi) is 5.78. The zero-order valence-corrected chi connectivity index (χ0v) is 17.7. The number of carbonyl (C=O) groups is 2. The summed E-state index contributed by atoms with van der Waals surface area (Å²) in [5.41, 5.74) is 0.590. The first kappa shape index (κ1) is 21.9. The number of imide groups is 1. The summed E-state index contributed by atoms with van der Waals surface area (Å²) in [7, 11) is 0. The number of nitrogens with zero attached hydrogens (tertiary/aromatic N) is 2. The number of halogens is 1. The Bertz CT molecular complexity index is 1200. The third-order valence-electron chi connectivity index (χ3n) is 5.51. The van der Waals surface area contributed by atoms with E-state index in [0.717, 1.165) is 16.0 Å². The molecule has 4 rings (SSSR count). The zero-order chi connectivity index (χ0) is 23.6. The van der Waals surface area contributed by atoms with Crippen LogP contribution in [0.1, 0.15) is 23.6 Å². The van der Waals surface area contributed by atoms with Gasteiger partial charge in [-0.1, -0.05) is 24.3 Å². The van der Waals surface area contributed by atoms with E-state index in [9.17, 15) is 24.1 Å². The molecule has 1 N–H and O–H groups in total.